The van der Waals surface area contributed by atoms with Crippen LogP contribution in [0.1, 0.15) is 19.8 Å². The Hall–Kier alpha value is -0.810. The van der Waals surface area contributed by atoms with Crippen LogP contribution in [0.5, 0.6) is 0 Å². The van der Waals surface area contributed by atoms with Crippen molar-refractivity contribution >= 4 is 6.03 Å². The van der Waals surface area contributed by atoms with Gasteiger partial charge in [-0.3, -0.25) is 0 Å². The fourth-order valence-corrected chi connectivity index (χ4v) is 1.71. The summed E-state index contributed by atoms with van der Waals surface area (Å²) < 4.78 is 5.67. The first-order valence-corrected chi connectivity index (χ1v) is 5.91. The molecule has 0 aromatic rings. The highest BCUT2D eigenvalue weighted by Gasteiger charge is 2.20. The van der Waals surface area contributed by atoms with Crippen molar-refractivity contribution in [2.24, 2.45) is 0 Å². The second-order valence-corrected chi connectivity index (χ2v) is 4.48. The van der Waals surface area contributed by atoms with Crippen LogP contribution in [0.2, 0.25) is 0 Å². The highest BCUT2D eigenvalue weighted by atomic mass is 16.5. The Morgan fingerprint density at radius 3 is 2.69 bits per heavy atom. The number of urea groups is 1. The highest BCUT2D eigenvalue weighted by molar-refractivity contribution is 5.73. The molecule has 0 aliphatic carbocycles. The van der Waals surface area contributed by atoms with Gasteiger partial charge in [0.05, 0.1) is 12.2 Å². The summed E-state index contributed by atoms with van der Waals surface area (Å²) in [6.45, 7) is 4.42. The molecule has 1 aliphatic heterocycles. The topological polar surface area (TPSA) is 53.6 Å². The van der Waals surface area contributed by atoms with Gasteiger partial charge in [-0.25, -0.2) is 4.79 Å². The molecule has 0 aromatic carbocycles. The van der Waals surface area contributed by atoms with E-state index in [1.807, 2.05) is 0 Å². The molecule has 2 amide bonds. The number of carbonyl (C=O) groups excluding carboxylic acids is 1. The van der Waals surface area contributed by atoms with E-state index in [1.165, 1.54) is 4.90 Å². The van der Waals surface area contributed by atoms with Gasteiger partial charge >= 0.3 is 6.03 Å². The largest absolute Gasteiger partial charge is 0.374 e. The molecular formula is C11H23N3O2. The van der Waals surface area contributed by atoms with Gasteiger partial charge in [0.1, 0.15) is 0 Å². The van der Waals surface area contributed by atoms with E-state index in [2.05, 4.69) is 17.6 Å². The normalized spacial score (nSPS) is 24.4. The second kappa shape index (κ2) is 6.70. The van der Waals surface area contributed by atoms with Crippen molar-refractivity contribution in [3.05, 3.63) is 0 Å². The number of hydrogen-bond donors (Lipinski definition) is 2. The molecule has 94 valence electrons. The van der Waals surface area contributed by atoms with Crippen LogP contribution < -0.4 is 10.6 Å². The molecule has 1 aliphatic rings. The molecule has 16 heavy (non-hydrogen) atoms. The van der Waals surface area contributed by atoms with Crippen LogP contribution >= 0.6 is 0 Å². The van der Waals surface area contributed by atoms with Crippen molar-refractivity contribution in [2.75, 3.05) is 33.7 Å². The third-order valence-electron chi connectivity index (χ3n) is 2.68. The minimum Gasteiger partial charge on any atom is -0.374 e. The van der Waals surface area contributed by atoms with E-state index in [1.54, 1.807) is 14.1 Å². The van der Waals surface area contributed by atoms with Gasteiger partial charge in [0.25, 0.3) is 0 Å². The molecule has 2 atom stereocenters. The molecule has 1 heterocycles. The SMILES string of the molecule is CC1CCC(CNCCNC(=O)N(C)C)O1. The number of nitrogens with zero attached hydrogens (tertiary/aromatic N) is 1. The first-order valence-electron chi connectivity index (χ1n) is 5.91. The van der Waals surface area contributed by atoms with Gasteiger partial charge in [-0.2, -0.15) is 0 Å². The molecule has 2 unspecified atom stereocenters. The molecule has 0 aromatic heterocycles. The zero-order valence-electron chi connectivity index (χ0n) is 10.5. The molecule has 0 radical (unpaired) electrons. The lowest BCUT2D eigenvalue weighted by Gasteiger charge is -2.14. The minimum absolute atomic E-state index is 0.0486. The van der Waals surface area contributed by atoms with Gasteiger partial charge in [0.2, 0.25) is 0 Å². The van der Waals surface area contributed by atoms with Crippen LogP contribution in [0.4, 0.5) is 4.79 Å². The Balaban J connectivity index is 1.94. The number of nitrogens with one attached hydrogen (secondary N) is 2. The van der Waals surface area contributed by atoms with Crippen LogP contribution in [-0.4, -0.2) is 56.9 Å². The van der Waals surface area contributed by atoms with E-state index in [0.29, 0.717) is 18.8 Å². The van der Waals surface area contributed by atoms with Gasteiger partial charge in [0, 0.05) is 33.7 Å². The average molecular weight is 229 g/mol. The summed E-state index contributed by atoms with van der Waals surface area (Å²) in [7, 11) is 3.47. The predicted molar refractivity (Wildman–Crippen MR) is 63.5 cm³/mol. The van der Waals surface area contributed by atoms with Crippen LogP contribution in [0, 0.1) is 0 Å². The Kier molecular flexibility index (Phi) is 5.55. The number of ether oxygens (including phenoxy) is 1. The van der Waals surface area contributed by atoms with Crippen LogP contribution in [0.15, 0.2) is 0 Å². The summed E-state index contributed by atoms with van der Waals surface area (Å²) in [5, 5.41) is 6.08. The van der Waals surface area contributed by atoms with E-state index in [0.717, 1.165) is 25.9 Å². The van der Waals surface area contributed by atoms with Crippen LogP contribution in [-0.2, 0) is 4.74 Å². The van der Waals surface area contributed by atoms with Gasteiger partial charge in [-0.05, 0) is 19.8 Å². The monoisotopic (exact) mass is 229 g/mol. The third kappa shape index (κ3) is 4.81. The van der Waals surface area contributed by atoms with E-state index < -0.39 is 0 Å². The molecule has 1 rings (SSSR count). The van der Waals surface area contributed by atoms with E-state index in [4.69, 9.17) is 4.74 Å². The van der Waals surface area contributed by atoms with Crippen LogP contribution in [0.25, 0.3) is 0 Å². The maximum absolute atomic E-state index is 11.2. The molecule has 2 N–H and O–H groups in total. The molecule has 0 bridgehead atoms. The van der Waals surface area contributed by atoms with E-state index >= 15 is 0 Å². The van der Waals surface area contributed by atoms with Crippen molar-refractivity contribution in [3.63, 3.8) is 0 Å². The quantitative estimate of drug-likeness (QED) is 0.672. The number of carbonyl (C=O) groups is 1. The first-order chi connectivity index (χ1) is 7.59. The van der Waals surface area contributed by atoms with Crippen LogP contribution in [0.3, 0.4) is 0 Å². The summed E-state index contributed by atoms with van der Waals surface area (Å²) in [6.07, 6.45) is 3.04. The molecule has 5 heteroatoms. The summed E-state index contributed by atoms with van der Waals surface area (Å²) in [5.74, 6) is 0. The lowest BCUT2D eigenvalue weighted by atomic mass is 10.2. The second-order valence-electron chi connectivity index (χ2n) is 4.48. The molecular weight excluding hydrogens is 206 g/mol. The highest BCUT2D eigenvalue weighted by Crippen LogP contribution is 2.17. The molecule has 1 saturated heterocycles. The standard InChI is InChI=1S/C11H23N3O2/c1-9-4-5-10(16-9)8-12-6-7-13-11(15)14(2)3/h9-10,12H,4-8H2,1-3H3,(H,13,15). The number of hydrogen-bond acceptors (Lipinski definition) is 3. The molecule has 1 fully saturated rings. The lowest BCUT2D eigenvalue weighted by Crippen LogP contribution is -2.39. The maximum Gasteiger partial charge on any atom is 0.316 e. The minimum atomic E-state index is -0.0486. The summed E-state index contributed by atoms with van der Waals surface area (Å²) in [5.41, 5.74) is 0. The maximum atomic E-state index is 11.2. The Bertz CT molecular complexity index is 221. The van der Waals surface area contributed by atoms with Crippen molar-refractivity contribution in [1.82, 2.24) is 15.5 Å². The van der Waals surface area contributed by atoms with Gasteiger partial charge in [-0.15, -0.1) is 0 Å². The first kappa shape index (κ1) is 13.3. The molecule has 0 saturated carbocycles. The average Bonchev–Trinajstić information content (AvgIpc) is 2.63. The van der Waals surface area contributed by atoms with Gasteiger partial charge in [-0.1, -0.05) is 0 Å². The lowest BCUT2D eigenvalue weighted by molar-refractivity contribution is 0.0562. The number of rotatable bonds is 5. The summed E-state index contributed by atoms with van der Waals surface area (Å²) >= 11 is 0. The Morgan fingerprint density at radius 2 is 2.12 bits per heavy atom. The summed E-state index contributed by atoms with van der Waals surface area (Å²) in [4.78, 5) is 12.7. The van der Waals surface area contributed by atoms with E-state index in [-0.39, 0.29) is 6.03 Å². The van der Waals surface area contributed by atoms with Gasteiger partial charge in [0.15, 0.2) is 0 Å². The molecule has 5 nitrogen and oxygen atoms in total. The fourth-order valence-electron chi connectivity index (χ4n) is 1.71. The third-order valence-corrected chi connectivity index (χ3v) is 2.68. The van der Waals surface area contributed by atoms with Crippen molar-refractivity contribution < 1.29 is 9.53 Å². The van der Waals surface area contributed by atoms with Crippen molar-refractivity contribution in [1.29, 1.82) is 0 Å². The zero-order valence-corrected chi connectivity index (χ0v) is 10.5. The fraction of sp³-hybridized carbons (Fsp3) is 0.909. The predicted octanol–water partition coefficient (Wildman–Crippen LogP) is 0.415. The van der Waals surface area contributed by atoms with Crippen molar-refractivity contribution in [3.8, 4) is 0 Å². The Morgan fingerprint density at radius 1 is 1.38 bits per heavy atom. The zero-order chi connectivity index (χ0) is 12.0. The van der Waals surface area contributed by atoms with Crippen molar-refractivity contribution in [2.45, 2.75) is 32.0 Å². The Labute approximate surface area is 97.5 Å². The smallest absolute Gasteiger partial charge is 0.316 e. The number of amides is 2. The van der Waals surface area contributed by atoms with E-state index in [9.17, 15) is 4.79 Å². The molecule has 0 spiro atoms. The summed E-state index contributed by atoms with van der Waals surface area (Å²) in [6, 6.07) is -0.0486. The van der Waals surface area contributed by atoms with Gasteiger partial charge < -0.3 is 20.3 Å².